The van der Waals surface area contributed by atoms with Gasteiger partial charge in [0.05, 0.1) is 13.2 Å². The summed E-state index contributed by atoms with van der Waals surface area (Å²) >= 11 is 0. The molecule has 0 bridgehead atoms. The molecule has 1 amide bonds. The summed E-state index contributed by atoms with van der Waals surface area (Å²) in [5, 5.41) is 9.70. The number of fused-ring (bicyclic) bond motifs is 1. The molecule has 0 saturated carbocycles. The third kappa shape index (κ3) is 2.91. The van der Waals surface area contributed by atoms with Crippen molar-refractivity contribution < 1.29 is 14.3 Å². The molecule has 124 valence electrons. The predicted octanol–water partition coefficient (Wildman–Crippen LogP) is 3.18. The first-order valence-corrected chi connectivity index (χ1v) is 7.88. The maximum Gasteiger partial charge on any atom is 0.255 e. The summed E-state index contributed by atoms with van der Waals surface area (Å²) in [5.74, 6) is 0.856. The number of aryl methyl sites for hydroxylation is 1. The molecule has 0 radical (unpaired) electrons. The molecule has 0 N–H and O–H groups in total. The van der Waals surface area contributed by atoms with Gasteiger partial charge in [-0.25, -0.2) is 0 Å². The average molecular weight is 316 g/mol. The maximum atomic E-state index is 12.8. The van der Waals surface area contributed by atoms with Gasteiger partial charge in [0.2, 0.25) is 0 Å². The molecule has 1 aliphatic heterocycles. The molecule has 0 saturated heterocycles. The van der Waals surface area contributed by atoms with E-state index in [2.05, 4.69) is 19.9 Å². The zero-order valence-corrected chi connectivity index (χ0v) is 14.5. The number of methoxy groups -OCH3 is 2. The fraction of sp³-hybridized carbons (Fsp3) is 0.556. The Kier molecular flexibility index (Phi) is 5.27. The van der Waals surface area contributed by atoms with Gasteiger partial charge in [-0.3, -0.25) is 4.79 Å². The summed E-state index contributed by atoms with van der Waals surface area (Å²) in [6.45, 7) is 7.09. The van der Waals surface area contributed by atoms with Gasteiger partial charge in [-0.05, 0) is 30.9 Å². The first kappa shape index (κ1) is 17.3. The maximum absolute atomic E-state index is 12.8. The van der Waals surface area contributed by atoms with Crippen molar-refractivity contribution in [2.75, 3.05) is 27.4 Å². The molecule has 1 aliphatic rings. The van der Waals surface area contributed by atoms with Gasteiger partial charge in [0.1, 0.15) is 11.8 Å². The summed E-state index contributed by atoms with van der Waals surface area (Å²) in [4.78, 5) is 14.5. The lowest BCUT2D eigenvalue weighted by molar-refractivity contribution is 0.0737. The van der Waals surface area contributed by atoms with E-state index in [4.69, 9.17) is 9.47 Å². The molecule has 0 aliphatic carbocycles. The largest absolute Gasteiger partial charge is 0.496 e. The van der Waals surface area contributed by atoms with Crippen LogP contribution in [0.5, 0.6) is 5.75 Å². The number of nitrogens with zero attached hydrogens (tertiary/aromatic N) is 2. The molecule has 1 aromatic carbocycles. The first-order valence-electron chi connectivity index (χ1n) is 7.88. The van der Waals surface area contributed by atoms with Gasteiger partial charge in [0, 0.05) is 37.0 Å². The number of hydrogen-bond acceptors (Lipinski definition) is 4. The number of ether oxygens (including phenoxy) is 2. The lowest BCUT2D eigenvalue weighted by Crippen LogP contribution is -2.29. The SMILES string of the molecule is COCCCN1C(=O)c2c(C)cc(OC)c(C(C)C)c2C1C#N. The Morgan fingerprint density at radius 3 is 2.61 bits per heavy atom. The van der Waals surface area contributed by atoms with Gasteiger partial charge in [0.25, 0.3) is 5.91 Å². The lowest BCUT2D eigenvalue weighted by atomic mass is 9.88. The van der Waals surface area contributed by atoms with Crippen LogP contribution in [0.3, 0.4) is 0 Å². The van der Waals surface area contributed by atoms with Crippen LogP contribution in [-0.4, -0.2) is 38.2 Å². The molecular weight excluding hydrogens is 292 g/mol. The Bertz CT molecular complexity index is 647. The Labute approximate surface area is 137 Å². The number of carbonyl (C=O) groups is 1. The van der Waals surface area contributed by atoms with E-state index in [1.54, 1.807) is 19.1 Å². The second kappa shape index (κ2) is 7.01. The standard InChI is InChI=1S/C18H24N2O3/c1-11(2)15-14(23-5)9-12(3)16-17(15)13(10-19)20(18(16)21)7-6-8-22-4/h9,11,13H,6-8H2,1-5H3. The smallest absolute Gasteiger partial charge is 0.255 e. The van der Waals surface area contributed by atoms with Crippen molar-refractivity contribution in [3.63, 3.8) is 0 Å². The van der Waals surface area contributed by atoms with E-state index in [0.29, 0.717) is 25.1 Å². The Hall–Kier alpha value is -2.06. The van der Waals surface area contributed by atoms with Gasteiger partial charge in [0.15, 0.2) is 0 Å². The van der Waals surface area contributed by atoms with Crippen molar-refractivity contribution in [3.05, 3.63) is 28.3 Å². The third-order valence-electron chi connectivity index (χ3n) is 4.29. The fourth-order valence-electron chi connectivity index (χ4n) is 3.32. The highest BCUT2D eigenvalue weighted by Gasteiger charge is 2.41. The molecule has 1 heterocycles. The van der Waals surface area contributed by atoms with Crippen molar-refractivity contribution in [2.45, 2.75) is 39.2 Å². The van der Waals surface area contributed by atoms with Crippen LogP contribution >= 0.6 is 0 Å². The number of carbonyl (C=O) groups excluding carboxylic acids is 1. The van der Waals surface area contributed by atoms with Crippen LogP contribution in [0.2, 0.25) is 0 Å². The average Bonchev–Trinajstić information content (AvgIpc) is 2.79. The van der Waals surface area contributed by atoms with Crippen LogP contribution < -0.4 is 4.74 Å². The van der Waals surface area contributed by atoms with E-state index < -0.39 is 6.04 Å². The van der Waals surface area contributed by atoms with Crippen LogP contribution in [0.15, 0.2) is 6.07 Å². The molecular formula is C18H24N2O3. The summed E-state index contributed by atoms with van der Waals surface area (Å²) in [6, 6.07) is 3.66. The number of rotatable bonds is 6. The van der Waals surface area contributed by atoms with Gasteiger partial charge >= 0.3 is 0 Å². The highest BCUT2D eigenvalue weighted by molar-refractivity contribution is 6.02. The van der Waals surface area contributed by atoms with E-state index in [9.17, 15) is 10.1 Å². The zero-order valence-electron chi connectivity index (χ0n) is 14.5. The first-order chi connectivity index (χ1) is 11.0. The van der Waals surface area contributed by atoms with Crippen molar-refractivity contribution in [1.29, 1.82) is 5.26 Å². The summed E-state index contributed by atoms with van der Waals surface area (Å²) < 4.78 is 10.6. The van der Waals surface area contributed by atoms with Crippen LogP contribution in [0.25, 0.3) is 0 Å². The number of nitriles is 1. The van der Waals surface area contributed by atoms with Gasteiger partial charge < -0.3 is 14.4 Å². The Morgan fingerprint density at radius 1 is 1.39 bits per heavy atom. The van der Waals surface area contributed by atoms with Crippen molar-refractivity contribution >= 4 is 5.91 Å². The highest BCUT2D eigenvalue weighted by atomic mass is 16.5. The molecule has 1 atom stereocenters. The second-order valence-corrected chi connectivity index (χ2v) is 6.13. The van der Waals surface area contributed by atoms with Gasteiger partial charge in [-0.15, -0.1) is 0 Å². The van der Waals surface area contributed by atoms with Crippen LogP contribution in [0, 0.1) is 18.3 Å². The Balaban J connectivity index is 2.57. The van der Waals surface area contributed by atoms with Crippen LogP contribution in [0.4, 0.5) is 0 Å². The lowest BCUT2D eigenvalue weighted by Gasteiger charge is -2.22. The van der Waals surface area contributed by atoms with Crippen molar-refractivity contribution in [3.8, 4) is 11.8 Å². The Morgan fingerprint density at radius 2 is 2.09 bits per heavy atom. The molecule has 0 aromatic heterocycles. The van der Waals surface area contributed by atoms with E-state index in [1.165, 1.54) is 0 Å². The molecule has 5 nitrogen and oxygen atoms in total. The minimum atomic E-state index is -0.555. The number of benzene rings is 1. The minimum Gasteiger partial charge on any atom is -0.496 e. The summed E-state index contributed by atoms with van der Waals surface area (Å²) in [5.41, 5.74) is 3.31. The predicted molar refractivity (Wildman–Crippen MR) is 87.7 cm³/mol. The third-order valence-corrected chi connectivity index (χ3v) is 4.29. The molecule has 1 aromatic rings. The molecule has 0 fully saturated rings. The quantitative estimate of drug-likeness (QED) is 0.756. The molecule has 0 spiro atoms. The van der Waals surface area contributed by atoms with Crippen molar-refractivity contribution in [2.24, 2.45) is 0 Å². The highest BCUT2D eigenvalue weighted by Crippen LogP contribution is 2.44. The van der Waals surface area contributed by atoms with Crippen molar-refractivity contribution in [1.82, 2.24) is 4.90 Å². The summed E-state index contributed by atoms with van der Waals surface area (Å²) in [6.07, 6.45) is 0.710. The van der Waals surface area contributed by atoms with Gasteiger partial charge in [-0.2, -0.15) is 5.26 Å². The van der Waals surface area contributed by atoms with Crippen LogP contribution in [0.1, 0.15) is 59.3 Å². The van der Waals surface area contributed by atoms with E-state index in [1.807, 2.05) is 13.0 Å². The fourth-order valence-corrected chi connectivity index (χ4v) is 3.32. The zero-order chi connectivity index (χ0) is 17.1. The second-order valence-electron chi connectivity index (χ2n) is 6.13. The number of amides is 1. The molecule has 1 unspecified atom stereocenters. The minimum absolute atomic E-state index is 0.0651. The van der Waals surface area contributed by atoms with E-state index in [0.717, 1.165) is 22.4 Å². The molecule has 5 heteroatoms. The monoisotopic (exact) mass is 316 g/mol. The van der Waals surface area contributed by atoms with E-state index in [-0.39, 0.29) is 11.8 Å². The molecule has 23 heavy (non-hydrogen) atoms. The summed E-state index contributed by atoms with van der Waals surface area (Å²) in [7, 11) is 3.26. The normalized spacial score (nSPS) is 16.7. The van der Waals surface area contributed by atoms with E-state index >= 15 is 0 Å². The topological polar surface area (TPSA) is 62.6 Å². The number of hydrogen-bond donors (Lipinski definition) is 0. The van der Waals surface area contributed by atoms with Crippen LogP contribution in [-0.2, 0) is 4.74 Å². The van der Waals surface area contributed by atoms with Gasteiger partial charge in [-0.1, -0.05) is 13.8 Å². The molecule has 2 rings (SSSR count).